The lowest BCUT2D eigenvalue weighted by molar-refractivity contribution is 0.941. The van der Waals surface area contributed by atoms with Crippen LogP contribution in [0.2, 0.25) is 5.28 Å². The van der Waals surface area contributed by atoms with Gasteiger partial charge >= 0.3 is 0 Å². The summed E-state index contributed by atoms with van der Waals surface area (Å²) in [5.74, 6) is 1.22. The number of nitrogens with zero attached hydrogens (tertiary/aromatic N) is 4. The third-order valence-electron chi connectivity index (χ3n) is 2.30. The van der Waals surface area contributed by atoms with E-state index in [2.05, 4.69) is 15.2 Å². The van der Waals surface area contributed by atoms with Crippen molar-refractivity contribution in [1.29, 1.82) is 0 Å². The molecule has 3 rings (SSSR count). The van der Waals surface area contributed by atoms with Crippen molar-refractivity contribution >= 4 is 17.4 Å². The smallest absolute Gasteiger partial charge is 0.254 e. The minimum Gasteiger partial charge on any atom is -0.254 e. The first-order valence-electron chi connectivity index (χ1n) is 4.22. The van der Waals surface area contributed by atoms with Gasteiger partial charge in [-0.1, -0.05) is 0 Å². The number of fused-ring (bicyclic) bond motifs is 1. The van der Waals surface area contributed by atoms with Crippen molar-refractivity contribution in [2.24, 2.45) is 0 Å². The number of halogens is 1. The molecule has 66 valence electrons. The first kappa shape index (κ1) is 7.26. The summed E-state index contributed by atoms with van der Waals surface area (Å²) >= 11 is 5.90. The van der Waals surface area contributed by atoms with Crippen molar-refractivity contribution in [2.75, 3.05) is 0 Å². The van der Waals surface area contributed by atoms with Gasteiger partial charge in [0.05, 0.1) is 0 Å². The molecule has 5 heteroatoms. The van der Waals surface area contributed by atoms with Crippen LogP contribution in [0.15, 0.2) is 12.3 Å². The van der Waals surface area contributed by atoms with Crippen LogP contribution in [-0.4, -0.2) is 19.6 Å². The highest BCUT2D eigenvalue weighted by Crippen LogP contribution is 2.40. The first-order valence-corrected chi connectivity index (χ1v) is 4.59. The van der Waals surface area contributed by atoms with Crippen molar-refractivity contribution < 1.29 is 0 Å². The van der Waals surface area contributed by atoms with E-state index in [9.17, 15) is 0 Å². The summed E-state index contributed by atoms with van der Waals surface area (Å²) < 4.78 is 1.82. The predicted octanol–water partition coefficient (Wildman–Crippen LogP) is 1.66. The topological polar surface area (TPSA) is 43.1 Å². The van der Waals surface area contributed by atoms with Crippen LogP contribution in [0.1, 0.15) is 24.5 Å². The molecule has 0 amide bonds. The maximum atomic E-state index is 5.90. The highest BCUT2D eigenvalue weighted by atomic mass is 35.5. The molecule has 1 fully saturated rings. The summed E-state index contributed by atoms with van der Waals surface area (Å²) in [7, 11) is 0. The molecule has 2 aromatic rings. The van der Waals surface area contributed by atoms with E-state index >= 15 is 0 Å². The van der Waals surface area contributed by atoms with Gasteiger partial charge in [0.2, 0.25) is 5.28 Å². The van der Waals surface area contributed by atoms with Crippen LogP contribution in [0, 0.1) is 0 Å². The maximum Gasteiger partial charge on any atom is 0.256 e. The summed E-state index contributed by atoms with van der Waals surface area (Å²) in [6, 6.07) is 1.99. The molecular weight excluding hydrogens is 188 g/mol. The van der Waals surface area contributed by atoms with Crippen molar-refractivity contribution in [3.8, 4) is 0 Å². The normalized spacial score (nSPS) is 16.7. The lowest BCUT2D eigenvalue weighted by Crippen LogP contribution is -1.96. The summed E-state index contributed by atoms with van der Waals surface area (Å²) in [5, 5.41) is 8.05. The fourth-order valence-electron chi connectivity index (χ4n) is 1.52. The van der Waals surface area contributed by atoms with E-state index in [1.54, 1.807) is 6.20 Å². The average Bonchev–Trinajstić information content (AvgIpc) is 2.92. The fourth-order valence-corrected chi connectivity index (χ4v) is 1.73. The third kappa shape index (κ3) is 1.02. The van der Waals surface area contributed by atoms with Crippen molar-refractivity contribution in [3.63, 3.8) is 0 Å². The van der Waals surface area contributed by atoms with Gasteiger partial charge in [0.1, 0.15) is 0 Å². The Morgan fingerprint density at radius 3 is 3.00 bits per heavy atom. The molecule has 1 aliphatic carbocycles. The molecule has 1 saturated carbocycles. The summed E-state index contributed by atoms with van der Waals surface area (Å²) in [4.78, 5) is 4.08. The lowest BCUT2D eigenvalue weighted by Gasteiger charge is -2.01. The molecule has 13 heavy (non-hydrogen) atoms. The Kier molecular flexibility index (Phi) is 1.35. The standard InChI is InChI=1S/C8H7ClN4/c9-7-11-12-8-10-4-3-6(13(7)8)5-1-2-5/h3-5H,1-2H2. The first-order chi connectivity index (χ1) is 6.36. The fraction of sp³-hybridized carbons (Fsp3) is 0.375. The van der Waals surface area contributed by atoms with E-state index in [0.717, 1.165) is 0 Å². The van der Waals surface area contributed by atoms with Crippen LogP contribution in [0.5, 0.6) is 0 Å². The van der Waals surface area contributed by atoms with Crippen LogP contribution >= 0.6 is 11.6 Å². The van der Waals surface area contributed by atoms with E-state index in [-0.39, 0.29) is 0 Å². The minimum absolute atomic E-state index is 0.407. The Morgan fingerprint density at radius 1 is 1.38 bits per heavy atom. The summed E-state index contributed by atoms with van der Waals surface area (Å²) in [6.07, 6.45) is 4.22. The van der Waals surface area contributed by atoms with Crippen LogP contribution in [0.25, 0.3) is 5.78 Å². The second kappa shape index (κ2) is 2.42. The monoisotopic (exact) mass is 194 g/mol. The average molecular weight is 195 g/mol. The molecule has 0 aliphatic heterocycles. The molecule has 0 bridgehead atoms. The molecule has 0 aromatic carbocycles. The quantitative estimate of drug-likeness (QED) is 0.694. The van der Waals surface area contributed by atoms with Gasteiger partial charge in [-0.15, -0.1) is 10.2 Å². The highest BCUT2D eigenvalue weighted by molar-refractivity contribution is 6.28. The molecule has 0 saturated heterocycles. The van der Waals surface area contributed by atoms with Gasteiger partial charge < -0.3 is 0 Å². The number of hydrogen-bond donors (Lipinski definition) is 0. The summed E-state index contributed by atoms with van der Waals surface area (Å²) in [6.45, 7) is 0. The second-order valence-electron chi connectivity index (χ2n) is 3.25. The van der Waals surface area contributed by atoms with Crippen molar-refractivity contribution in [2.45, 2.75) is 18.8 Å². The Morgan fingerprint density at radius 2 is 2.23 bits per heavy atom. The molecule has 2 heterocycles. The van der Waals surface area contributed by atoms with Gasteiger partial charge in [0.25, 0.3) is 5.78 Å². The van der Waals surface area contributed by atoms with Crippen LogP contribution in [0.3, 0.4) is 0 Å². The number of hydrogen-bond acceptors (Lipinski definition) is 3. The van der Waals surface area contributed by atoms with Crippen LogP contribution in [0.4, 0.5) is 0 Å². The number of aromatic nitrogens is 4. The molecular formula is C8H7ClN4. The summed E-state index contributed by atoms with van der Waals surface area (Å²) in [5.41, 5.74) is 1.18. The zero-order chi connectivity index (χ0) is 8.84. The Labute approximate surface area is 79.6 Å². The molecule has 0 unspecified atom stereocenters. The zero-order valence-electron chi connectivity index (χ0n) is 6.81. The Hall–Kier alpha value is -1.16. The Bertz CT molecular complexity index is 460. The third-order valence-corrected chi connectivity index (χ3v) is 2.54. The van der Waals surface area contributed by atoms with E-state index in [1.165, 1.54) is 18.5 Å². The van der Waals surface area contributed by atoms with Gasteiger partial charge in [-0.05, 0) is 36.4 Å². The van der Waals surface area contributed by atoms with Gasteiger partial charge in [-0.3, -0.25) is 4.40 Å². The molecule has 0 N–H and O–H groups in total. The van der Waals surface area contributed by atoms with E-state index < -0.39 is 0 Å². The second-order valence-corrected chi connectivity index (χ2v) is 3.59. The van der Waals surface area contributed by atoms with Gasteiger partial charge in [-0.25, -0.2) is 4.98 Å². The maximum absolute atomic E-state index is 5.90. The number of rotatable bonds is 1. The molecule has 0 spiro atoms. The SMILES string of the molecule is Clc1nnc2nccc(C3CC3)n12. The zero-order valence-corrected chi connectivity index (χ0v) is 7.57. The van der Waals surface area contributed by atoms with E-state index in [4.69, 9.17) is 11.6 Å². The van der Waals surface area contributed by atoms with E-state index in [1.807, 2.05) is 10.5 Å². The lowest BCUT2D eigenvalue weighted by atomic mass is 10.3. The van der Waals surface area contributed by atoms with Crippen molar-refractivity contribution in [3.05, 3.63) is 23.2 Å². The largest absolute Gasteiger partial charge is 0.256 e. The van der Waals surface area contributed by atoms with Crippen molar-refractivity contribution in [1.82, 2.24) is 19.6 Å². The molecule has 1 aliphatic rings. The Balaban J connectivity index is 2.36. The van der Waals surface area contributed by atoms with Gasteiger partial charge in [-0.2, -0.15) is 0 Å². The van der Waals surface area contributed by atoms with Gasteiger partial charge in [0, 0.05) is 11.9 Å². The minimum atomic E-state index is 0.407. The van der Waals surface area contributed by atoms with Crippen LogP contribution < -0.4 is 0 Å². The van der Waals surface area contributed by atoms with Gasteiger partial charge in [0.15, 0.2) is 0 Å². The predicted molar refractivity (Wildman–Crippen MR) is 47.8 cm³/mol. The molecule has 2 aromatic heterocycles. The van der Waals surface area contributed by atoms with E-state index in [0.29, 0.717) is 17.0 Å². The molecule has 0 atom stereocenters. The molecule has 0 radical (unpaired) electrons. The van der Waals surface area contributed by atoms with Crippen LogP contribution in [-0.2, 0) is 0 Å². The molecule has 4 nitrogen and oxygen atoms in total. The highest BCUT2D eigenvalue weighted by Gasteiger charge is 2.27.